The van der Waals surface area contributed by atoms with Crippen molar-refractivity contribution >= 4 is 5.69 Å². The minimum atomic E-state index is -0.208. The summed E-state index contributed by atoms with van der Waals surface area (Å²) in [6.07, 6.45) is 10.6. The molecule has 1 aliphatic carbocycles. The smallest absolute Gasteiger partial charge is 0.123 e. The van der Waals surface area contributed by atoms with Crippen LogP contribution >= 0.6 is 0 Å². The molecular weight excluding hydrogens is 525 g/mol. The van der Waals surface area contributed by atoms with Gasteiger partial charge in [0.05, 0.1) is 18.0 Å². The third kappa shape index (κ3) is 6.50. The van der Waals surface area contributed by atoms with Crippen LogP contribution in [-0.4, -0.2) is 43.9 Å². The number of benzene rings is 2. The quantitative estimate of drug-likeness (QED) is 0.274. The molecule has 1 spiro atoms. The van der Waals surface area contributed by atoms with Crippen molar-refractivity contribution in [2.75, 3.05) is 37.8 Å². The second-order valence-electron chi connectivity index (χ2n) is 12.6. The van der Waals surface area contributed by atoms with Crippen LogP contribution in [-0.2, 0) is 24.1 Å². The van der Waals surface area contributed by atoms with Gasteiger partial charge in [0.1, 0.15) is 11.6 Å². The molecule has 2 aromatic carbocycles. The molecule has 1 N–H and O–H groups in total. The second kappa shape index (κ2) is 13.1. The number of halogens is 1. The Bertz CT molecular complexity index is 1320. The zero-order chi connectivity index (χ0) is 28.9. The van der Waals surface area contributed by atoms with Gasteiger partial charge in [-0.25, -0.2) is 4.39 Å². The summed E-state index contributed by atoms with van der Waals surface area (Å²) in [6.45, 7) is 9.68. The average Bonchev–Trinajstić information content (AvgIpc) is 3.01. The summed E-state index contributed by atoms with van der Waals surface area (Å²) in [7, 11) is 0. The lowest BCUT2D eigenvalue weighted by atomic mass is 9.63. The highest BCUT2D eigenvalue weighted by molar-refractivity contribution is 5.84. The number of anilines is 1. The zero-order valence-electron chi connectivity index (χ0n) is 25.4. The lowest BCUT2D eigenvalue weighted by molar-refractivity contribution is 0.0775. The van der Waals surface area contributed by atoms with E-state index in [1.165, 1.54) is 66.6 Å². The Morgan fingerprint density at radius 3 is 2.36 bits per heavy atom. The van der Waals surface area contributed by atoms with Gasteiger partial charge in [-0.1, -0.05) is 37.6 Å². The number of hydrogen-bond donors (Lipinski definition) is 1. The molecule has 1 aromatic heterocycles. The molecule has 3 aromatic rings. The van der Waals surface area contributed by atoms with Crippen LogP contribution in [0.1, 0.15) is 74.4 Å². The Hall–Kier alpha value is -2.96. The molecule has 6 rings (SSSR count). The third-order valence-corrected chi connectivity index (χ3v) is 9.95. The summed E-state index contributed by atoms with van der Waals surface area (Å²) in [5.74, 6) is 0.644. The van der Waals surface area contributed by atoms with E-state index in [4.69, 9.17) is 14.5 Å². The van der Waals surface area contributed by atoms with Crippen LogP contribution in [0.5, 0.6) is 5.75 Å². The molecule has 0 unspecified atom stereocenters. The first kappa shape index (κ1) is 29.1. The van der Waals surface area contributed by atoms with Crippen molar-refractivity contribution < 1.29 is 13.9 Å². The van der Waals surface area contributed by atoms with Crippen molar-refractivity contribution in [2.45, 2.75) is 84.2 Å². The van der Waals surface area contributed by atoms with E-state index in [9.17, 15) is 4.39 Å². The maximum Gasteiger partial charge on any atom is 0.123 e. The Morgan fingerprint density at radius 2 is 1.71 bits per heavy atom. The maximum absolute atomic E-state index is 13.2. The maximum atomic E-state index is 13.2. The number of nitrogens with one attached hydrogen (secondary N) is 1. The van der Waals surface area contributed by atoms with E-state index in [0.29, 0.717) is 18.1 Å². The van der Waals surface area contributed by atoms with Crippen LogP contribution in [0, 0.1) is 18.2 Å². The number of piperidine rings is 1. The minimum absolute atomic E-state index is 0.208. The van der Waals surface area contributed by atoms with E-state index in [1.807, 2.05) is 12.1 Å². The first-order valence-electron chi connectivity index (χ1n) is 16.1. The van der Waals surface area contributed by atoms with Crippen molar-refractivity contribution in [1.82, 2.24) is 10.3 Å². The molecule has 0 atom stereocenters. The molecule has 3 aliphatic rings. The Morgan fingerprint density at radius 1 is 1.00 bits per heavy atom. The van der Waals surface area contributed by atoms with Gasteiger partial charge < -0.3 is 19.7 Å². The van der Waals surface area contributed by atoms with E-state index in [2.05, 4.69) is 48.3 Å². The van der Waals surface area contributed by atoms with Crippen molar-refractivity contribution in [1.29, 1.82) is 0 Å². The summed E-state index contributed by atoms with van der Waals surface area (Å²) in [4.78, 5) is 7.93. The molecule has 3 heterocycles. The van der Waals surface area contributed by atoms with Crippen LogP contribution in [0.3, 0.4) is 0 Å². The zero-order valence-corrected chi connectivity index (χ0v) is 25.4. The highest BCUT2D eigenvalue weighted by Crippen LogP contribution is 2.50. The highest BCUT2D eigenvalue weighted by atomic mass is 19.1. The van der Waals surface area contributed by atoms with Gasteiger partial charge in [0.25, 0.3) is 0 Å². The van der Waals surface area contributed by atoms with Crippen molar-refractivity contribution in [3.8, 4) is 16.9 Å². The number of hydrogen-bond acceptors (Lipinski definition) is 5. The van der Waals surface area contributed by atoms with E-state index in [-0.39, 0.29) is 5.82 Å². The largest absolute Gasteiger partial charge is 0.493 e. The Labute approximate surface area is 250 Å². The first-order chi connectivity index (χ1) is 20.5. The fraction of sp³-hybridized carbons (Fsp3) is 0.528. The summed E-state index contributed by atoms with van der Waals surface area (Å²) >= 11 is 0. The van der Waals surface area contributed by atoms with Gasteiger partial charge in [0.2, 0.25) is 0 Å². The topological polar surface area (TPSA) is 46.6 Å². The molecule has 2 aliphatic heterocycles. The standard InChI is InChI=1S/C36H46FN3O2/c1-3-32-26(2)39-33(25-38-30-14-22-41-23-15-30)34(35(32)40-20-18-36(19-21-40)16-4-17-36)28-7-11-31(12-8-28)42-24-13-27-5-9-29(37)10-6-27/h5-12,30,38H,3-4,13-25H2,1-2H3. The number of pyridine rings is 1. The van der Waals surface area contributed by atoms with Gasteiger partial charge in [-0.3, -0.25) is 4.98 Å². The summed E-state index contributed by atoms with van der Waals surface area (Å²) in [5.41, 5.74) is 9.22. The molecule has 0 amide bonds. The predicted molar refractivity (Wildman–Crippen MR) is 168 cm³/mol. The molecule has 0 radical (unpaired) electrons. The number of rotatable bonds is 10. The lowest BCUT2D eigenvalue weighted by Gasteiger charge is -2.49. The molecule has 6 heteroatoms. The monoisotopic (exact) mass is 571 g/mol. The van der Waals surface area contributed by atoms with Gasteiger partial charge in [0, 0.05) is 56.6 Å². The molecule has 2 saturated heterocycles. The Balaban J connectivity index is 1.27. The number of aromatic nitrogens is 1. The van der Waals surface area contributed by atoms with Gasteiger partial charge in [-0.2, -0.15) is 0 Å². The van der Waals surface area contributed by atoms with E-state index >= 15 is 0 Å². The number of aryl methyl sites for hydroxylation is 1. The molecule has 0 bridgehead atoms. The van der Waals surface area contributed by atoms with Crippen molar-refractivity contribution in [2.24, 2.45) is 5.41 Å². The molecule has 42 heavy (non-hydrogen) atoms. The second-order valence-corrected chi connectivity index (χ2v) is 12.6. The molecule has 1 saturated carbocycles. The normalized spacial score (nSPS) is 18.7. The van der Waals surface area contributed by atoms with Gasteiger partial charge in [0.15, 0.2) is 0 Å². The molecule has 5 nitrogen and oxygen atoms in total. The molecule has 224 valence electrons. The van der Waals surface area contributed by atoms with Crippen LogP contribution < -0.4 is 15.0 Å². The van der Waals surface area contributed by atoms with Gasteiger partial charge in [-0.05, 0) is 98.2 Å². The van der Waals surface area contributed by atoms with Crippen LogP contribution in [0.2, 0.25) is 0 Å². The van der Waals surface area contributed by atoms with Gasteiger partial charge >= 0.3 is 0 Å². The van der Waals surface area contributed by atoms with Crippen LogP contribution in [0.25, 0.3) is 11.1 Å². The first-order valence-corrected chi connectivity index (χ1v) is 16.1. The average molecular weight is 572 g/mol. The van der Waals surface area contributed by atoms with E-state index < -0.39 is 0 Å². The van der Waals surface area contributed by atoms with E-state index in [0.717, 1.165) is 81.2 Å². The SMILES string of the molecule is CCc1c(C)nc(CNC2CCOCC2)c(-c2ccc(OCCc3ccc(F)cc3)cc2)c1N1CCC2(CCC2)CC1. The van der Waals surface area contributed by atoms with E-state index in [1.54, 1.807) is 0 Å². The summed E-state index contributed by atoms with van der Waals surface area (Å²) in [6, 6.07) is 15.7. The fourth-order valence-corrected chi connectivity index (χ4v) is 7.17. The summed E-state index contributed by atoms with van der Waals surface area (Å²) in [5, 5.41) is 3.82. The van der Waals surface area contributed by atoms with Crippen molar-refractivity contribution in [3.63, 3.8) is 0 Å². The number of ether oxygens (including phenoxy) is 2. The lowest BCUT2D eigenvalue weighted by Crippen LogP contribution is -2.44. The van der Waals surface area contributed by atoms with Crippen LogP contribution in [0.4, 0.5) is 10.1 Å². The molecule has 3 fully saturated rings. The van der Waals surface area contributed by atoms with Gasteiger partial charge in [-0.15, -0.1) is 0 Å². The van der Waals surface area contributed by atoms with Crippen LogP contribution in [0.15, 0.2) is 48.5 Å². The molecular formula is C36H46FN3O2. The Kier molecular flexibility index (Phi) is 9.11. The van der Waals surface area contributed by atoms with Crippen molar-refractivity contribution in [3.05, 3.63) is 76.9 Å². The highest BCUT2D eigenvalue weighted by Gasteiger charge is 2.40. The number of nitrogens with zero attached hydrogens (tertiary/aromatic N) is 2. The minimum Gasteiger partial charge on any atom is -0.493 e. The predicted octanol–water partition coefficient (Wildman–Crippen LogP) is 7.42. The third-order valence-electron chi connectivity index (χ3n) is 9.95. The fourth-order valence-electron chi connectivity index (χ4n) is 7.17. The summed E-state index contributed by atoms with van der Waals surface area (Å²) < 4.78 is 24.9.